The van der Waals surface area contributed by atoms with Crippen LogP contribution in [0.2, 0.25) is 0 Å². The minimum atomic E-state index is -0.493. The van der Waals surface area contributed by atoms with Crippen molar-refractivity contribution in [2.45, 2.75) is 0 Å². The maximum atomic E-state index is 12.3. The molecule has 0 bridgehead atoms. The molecule has 0 fully saturated rings. The van der Waals surface area contributed by atoms with Gasteiger partial charge in [-0.1, -0.05) is 0 Å². The van der Waals surface area contributed by atoms with E-state index in [1.54, 1.807) is 30.3 Å². The molecule has 5 nitrogen and oxygen atoms in total. The van der Waals surface area contributed by atoms with Crippen LogP contribution in [0.4, 0.5) is 5.69 Å². The molecule has 2 amide bonds. The molecule has 1 aromatic heterocycles. The van der Waals surface area contributed by atoms with Gasteiger partial charge >= 0.3 is 0 Å². The topological polar surface area (TPSA) is 77.1 Å². The third-order valence-corrected chi connectivity index (χ3v) is 3.57. The number of aromatic nitrogens is 1. The first-order valence-corrected chi connectivity index (χ1v) is 6.81. The number of anilines is 1. The van der Waals surface area contributed by atoms with Crippen molar-refractivity contribution in [2.75, 3.05) is 5.32 Å². The Labute approximate surface area is 127 Å². The number of carbonyl (C=O) groups excluding carboxylic acids is 2. The molecule has 5 heteroatoms. The number of hydrogen-bond donors (Lipinski definition) is 2. The molecule has 0 aliphatic heterocycles. The second-order valence-electron chi connectivity index (χ2n) is 5.10. The molecule has 1 heterocycles. The number of nitrogens with one attached hydrogen (secondary N) is 1. The van der Waals surface area contributed by atoms with Crippen molar-refractivity contribution in [3.05, 3.63) is 65.9 Å². The number of aryl methyl sites for hydroxylation is 1. The molecule has 3 aromatic rings. The third kappa shape index (κ3) is 2.56. The fraction of sp³-hybridized carbons (Fsp3) is 0.0588. The monoisotopic (exact) mass is 293 g/mol. The SMILES string of the molecule is Cn1ccc2cc(C(=O)Nc3ccc(C(N)=O)cc3)ccc21. The smallest absolute Gasteiger partial charge is 0.255 e. The zero-order valence-corrected chi connectivity index (χ0v) is 12.0. The molecular formula is C17H15N3O2. The fourth-order valence-corrected chi connectivity index (χ4v) is 2.34. The number of nitrogens with two attached hydrogens (primary N) is 1. The number of hydrogen-bond acceptors (Lipinski definition) is 2. The number of nitrogens with zero attached hydrogens (tertiary/aromatic N) is 1. The predicted octanol–water partition coefficient (Wildman–Crippen LogP) is 2.53. The first-order valence-electron chi connectivity index (χ1n) is 6.81. The molecule has 0 saturated carbocycles. The summed E-state index contributed by atoms with van der Waals surface area (Å²) in [5, 5.41) is 3.81. The van der Waals surface area contributed by atoms with Crippen molar-refractivity contribution in [1.82, 2.24) is 4.57 Å². The first kappa shape index (κ1) is 13.9. The summed E-state index contributed by atoms with van der Waals surface area (Å²) in [5.41, 5.74) is 7.86. The highest BCUT2D eigenvalue weighted by Gasteiger charge is 2.08. The van der Waals surface area contributed by atoms with Crippen LogP contribution < -0.4 is 11.1 Å². The van der Waals surface area contributed by atoms with Crippen molar-refractivity contribution < 1.29 is 9.59 Å². The third-order valence-electron chi connectivity index (χ3n) is 3.57. The maximum Gasteiger partial charge on any atom is 0.255 e. The lowest BCUT2D eigenvalue weighted by atomic mass is 10.1. The molecule has 0 saturated heterocycles. The number of benzene rings is 2. The number of amides is 2. The Hall–Kier alpha value is -3.08. The van der Waals surface area contributed by atoms with Crippen LogP contribution in [-0.2, 0) is 7.05 Å². The molecule has 0 unspecified atom stereocenters. The molecule has 22 heavy (non-hydrogen) atoms. The van der Waals surface area contributed by atoms with Crippen LogP contribution in [0, 0.1) is 0 Å². The zero-order chi connectivity index (χ0) is 15.7. The number of fused-ring (bicyclic) bond motifs is 1. The van der Waals surface area contributed by atoms with Gasteiger partial charge in [0.15, 0.2) is 0 Å². The summed E-state index contributed by atoms with van der Waals surface area (Å²) in [6.45, 7) is 0. The highest BCUT2D eigenvalue weighted by Crippen LogP contribution is 2.18. The van der Waals surface area contributed by atoms with Crippen molar-refractivity contribution >= 4 is 28.4 Å². The quantitative estimate of drug-likeness (QED) is 0.778. The zero-order valence-electron chi connectivity index (χ0n) is 12.0. The van der Waals surface area contributed by atoms with Crippen LogP contribution in [-0.4, -0.2) is 16.4 Å². The van der Waals surface area contributed by atoms with Gasteiger partial charge in [0.05, 0.1) is 0 Å². The Morgan fingerprint density at radius 1 is 1.00 bits per heavy atom. The molecule has 0 atom stereocenters. The second kappa shape index (κ2) is 5.37. The van der Waals surface area contributed by atoms with E-state index in [1.807, 2.05) is 36.0 Å². The van der Waals surface area contributed by atoms with Gasteiger partial charge in [0, 0.05) is 41.0 Å². The van der Waals surface area contributed by atoms with Gasteiger partial charge in [-0.25, -0.2) is 0 Å². The standard InChI is InChI=1S/C17H15N3O2/c1-20-9-8-12-10-13(4-7-15(12)20)17(22)19-14-5-2-11(3-6-14)16(18)21/h2-10H,1H3,(H2,18,21)(H,19,22). The van der Waals surface area contributed by atoms with Gasteiger partial charge < -0.3 is 15.6 Å². The highest BCUT2D eigenvalue weighted by molar-refractivity contribution is 6.06. The van der Waals surface area contributed by atoms with Crippen LogP contribution in [0.15, 0.2) is 54.7 Å². The summed E-state index contributed by atoms with van der Waals surface area (Å²) in [6, 6.07) is 14.0. The summed E-state index contributed by atoms with van der Waals surface area (Å²) in [4.78, 5) is 23.3. The van der Waals surface area contributed by atoms with E-state index in [4.69, 9.17) is 5.73 Å². The Balaban J connectivity index is 1.81. The van der Waals surface area contributed by atoms with Crippen molar-refractivity contribution in [3.63, 3.8) is 0 Å². The summed E-state index contributed by atoms with van der Waals surface area (Å²) >= 11 is 0. The van der Waals surface area contributed by atoms with E-state index in [-0.39, 0.29) is 5.91 Å². The van der Waals surface area contributed by atoms with E-state index >= 15 is 0 Å². The Morgan fingerprint density at radius 2 is 1.68 bits per heavy atom. The van der Waals surface area contributed by atoms with Crippen molar-refractivity contribution in [3.8, 4) is 0 Å². The summed E-state index contributed by atoms with van der Waals surface area (Å²) in [6.07, 6.45) is 1.95. The Bertz CT molecular complexity index is 863. The van der Waals surface area contributed by atoms with Gasteiger partial charge in [-0.3, -0.25) is 9.59 Å². The largest absolute Gasteiger partial charge is 0.366 e. The van der Waals surface area contributed by atoms with E-state index in [0.29, 0.717) is 16.8 Å². The fourth-order valence-electron chi connectivity index (χ4n) is 2.34. The molecule has 3 rings (SSSR count). The minimum Gasteiger partial charge on any atom is -0.366 e. The van der Waals surface area contributed by atoms with Crippen molar-refractivity contribution in [2.24, 2.45) is 12.8 Å². The lowest BCUT2D eigenvalue weighted by Crippen LogP contribution is -2.13. The molecular weight excluding hydrogens is 278 g/mol. The Morgan fingerprint density at radius 3 is 2.36 bits per heavy atom. The van der Waals surface area contributed by atoms with Crippen LogP contribution >= 0.6 is 0 Å². The first-order chi connectivity index (χ1) is 10.5. The summed E-state index contributed by atoms with van der Waals surface area (Å²) in [5.74, 6) is -0.690. The normalized spacial score (nSPS) is 10.6. The average Bonchev–Trinajstić information content (AvgIpc) is 2.88. The molecule has 0 aliphatic rings. The van der Waals surface area contributed by atoms with Gasteiger partial charge in [-0.15, -0.1) is 0 Å². The van der Waals surface area contributed by atoms with E-state index in [0.717, 1.165) is 10.9 Å². The maximum absolute atomic E-state index is 12.3. The number of primary amides is 1. The van der Waals surface area contributed by atoms with Gasteiger partial charge in [-0.05, 0) is 48.5 Å². The van der Waals surface area contributed by atoms with Gasteiger partial charge in [-0.2, -0.15) is 0 Å². The van der Waals surface area contributed by atoms with E-state index in [9.17, 15) is 9.59 Å². The number of rotatable bonds is 3. The molecule has 0 spiro atoms. The Kier molecular flexibility index (Phi) is 3.39. The molecule has 0 aliphatic carbocycles. The predicted molar refractivity (Wildman–Crippen MR) is 85.8 cm³/mol. The van der Waals surface area contributed by atoms with Crippen LogP contribution in [0.1, 0.15) is 20.7 Å². The lowest BCUT2D eigenvalue weighted by Gasteiger charge is -2.06. The number of carbonyl (C=O) groups is 2. The van der Waals surface area contributed by atoms with Crippen LogP contribution in [0.5, 0.6) is 0 Å². The van der Waals surface area contributed by atoms with Crippen molar-refractivity contribution in [1.29, 1.82) is 0 Å². The van der Waals surface area contributed by atoms with E-state index in [2.05, 4.69) is 5.32 Å². The van der Waals surface area contributed by atoms with Crippen LogP contribution in [0.25, 0.3) is 10.9 Å². The summed E-state index contributed by atoms with van der Waals surface area (Å²) in [7, 11) is 1.96. The van der Waals surface area contributed by atoms with Gasteiger partial charge in [0.2, 0.25) is 5.91 Å². The van der Waals surface area contributed by atoms with E-state index < -0.39 is 5.91 Å². The minimum absolute atomic E-state index is 0.197. The molecule has 3 N–H and O–H groups in total. The van der Waals surface area contributed by atoms with Gasteiger partial charge in [0.1, 0.15) is 0 Å². The lowest BCUT2D eigenvalue weighted by molar-refractivity contribution is 0.0998. The molecule has 2 aromatic carbocycles. The van der Waals surface area contributed by atoms with E-state index in [1.165, 1.54) is 0 Å². The highest BCUT2D eigenvalue weighted by atomic mass is 16.2. The molecule has 0 radical (unpaired) electrons. The second-order valence-corrected chi connectivity index (χ2v) is 5.10. The van der Waals surface area contributed by atoms with Crippen LogP contribution in [0.3, 0.4) is 0 Å². The summed E-state index contributed by atoms with van der Waals surface area (Å²) < 4.78 is 2.00. The molecule has 110 valence electrons. The average molecular weight is 293 g/mol. The van der Waals surface area contributed by atoms with Gasteiger partial charge in [0.25, 0.3) is 5.91 Å².